The molecule has 1 heterocycles. The van der Waals surface area contributed by atoms with Crippen LogP contribution in [0.25, 0.3) is 0 Å². The maximum absolute atomic E-state index is 13.0. The summed E-state index contributed by atoms with van der Waals surface area (Å²) in [4.78, 5) is 27.5. The first-order valence-electron chi connectivity index (χ1n) is 10.9. The van der Waals surface area contributed by atoms with Gasteiger partial charge in [0.15, 0.2) is 0 Å². The molecule has 3 amide bonds. The molecule has 0 aliphatic carbocycles. The van der Waals surface area contributed by atoms with Gasteiger partial charge in [0, 0.05) is 31.6 Å². The Bertz CT molecular complexity index is 850. The van der Waals surface area contributed by atoms with Crippen LogP contribution in [0.2, 0.25) is 0 Å². The van der Waals surface area contributed by atoms with Crippen molar-refractivity contribution in [3.05, 3.63) is 71.3 Å². The zero-order valence-corrected chi connectivity index (χ0v) is 18.2. The molecule has 3 rings (SSSR count). The predicted octanol–water partition coefficient (Wildman–Crippen LogP) is 3.88. The molecule has 0 spiro atoms. The molecule has 2 N–H and O–H groups in total. The molecule has 1 fully saturated rings. The quantitative estimate of drug-likeness (QED) is 0.763. The van der Waals surface area contributed by atoms with Crippen LogP contribution in [0.1, 0.15) is 42.9 Å². The molecule has 1 aliphatic heterocycles. The van der Waals surface area contributed by atoms with Crippen molar-refractivity contribution in [1.82, 2.24) is 15.5 Å². The number of hydrogen-bond donors (Lipinski definition) is 2. The van der Waals surface area contributed by atoms with Crippen LogP contribution in [0.4, 0.5) is 4.79 Å². The number of urea groups is 1. The molecule has 2 atom stereocenters. The SMILES string of the molecule is Cc1cccc(C2CC(C(=O)NCCc3ccccc3)CN(C(=O)NC(C)C)C2)c1. The number of benzene rings is 2. The smallest absolute Gasteiger partial charge is 0.317 e. The Morgan fingerprint density at radius 1 is 1.07 bits per heavy atom. The van der Waals surface area contributed by atoms with Crippen LogP contribution < -0.4 is 10.6 Å². The van der Waals surface area contributed by atoms with E-state index in [9.17, 15) is 9.59 Å². The number of aryl methyl sites for hydroxylation is 1. The third-order valence-electron chi connectivity index (χ3n) is 5.59. The van der Waals surface area contributed by atoms with Crippen molar-refractivity contribution in [2.75, 3.05) is 19.6 Å². The summed E-state index contributed by atoms with van der Waals surface area (Å²) in [6, 6.07) is 18.5. The third kappa shape index (κ3) is 6.09. The van der Waals surface area contributed by atoms with Crippen molar-refractivity contribution in [2.45, 2.75) is 45.6 Å². The number of nitrogens with zero attached hydrogens (tertiary/aromatic N) is 1. The zero-order valence-electron chi connectivity index (χ0n) is 18.2. The second kappa shape index (κ2) is 10.3. The molecule has 0 saturated carbocycles. The van der Waals surface area contributed by atoms with Gasteiger partial charge in [0.2, 0.25) is 5.91 Å². The lowest BCUT2D eigenvalue weighted by Gasteiger charge is -2.38. The number of hydrogen-bond acceptors (Lipinski definition) is 2. The first-order chi connectivity index (χ1) is 14.4. The van der Waals surface area contributed by atoms with Crippen molar-refractivity contribution in [1.29, 1.82) is 0 Å². The van der Waals surface area contributed by atoms with Crippen molar-refractivity contribution in [2.24, 2.45) is 5.92 Å². The molecule has 30 heavy (non-hydrogen) atoms. The van der Waals surface area contributed by atoms with Gasteiger partial charge in [0.25, 0.3) is 0 Å². The second-order valence-corrected chi connectivity index (χ2v) is 8.58. The van der Waals surface area contributed by atoms with Gasteiger partial charge in [0.05, 0.1) is 5.92 Å². The summed E-state index contributed by atoms with van der Waals surface area (Å²) in [5.74, 6) is -0.0231. The van der Waals surface area contributed by atoms with Crippen molar-refractivity contribution in [3.63, 3.8) is 0 Å². The summed E-state index contributed by atoms with van der Waals surface area (Å²) < 4.78 is 0. The monoisotopic (exact) mass is 407 g/mol. The minimum atomic E-state index is -0.210. The Morgan fingerprint density at radius 3 is 2.53 bits per heavy atom. The van der Waals surface area contributed by atoms with Gasteiger partial charge in [-0.1, -0.05) is 60.2 Å². The Morgan fingerprint density at radius 2 is 1.83 bits per heavy atom. The average Bonchev–Trinajstić information content (AvgIpc) is 2.73. The van der Waals surface area contributed by atoms with Gasteiger partial charge in [0.1, 0.15) is 0 Å². The number of rotatable bonds is 6. The fraction of sp³-hybridized carbons (Fsp3) is 0.440. The molecule has 0 bridgehead atoms. The summed E-state index contributed by atoms with van der Waals surface area (Å²) in [5.41, 5.74) is 3.59. The van der Waals surface area contributed by atoms with Crippen molar-refractivity contribution >= 4 is 11.9 Å². The molecule has 0 aromatic heterocycles. The molecular formula is C25H33N3O2. The van der Waals surface area contributed by atoms with Crippen LogP contribution in [0.15, 0.2) is 54.6 Å². The molecular weight excluding hydrogens is 374 g/mol. The van der Waals surface area contributed by atoms with E-state index in [0.717, 1.165) is 12.8 Å². The number of amides is 3. The summed E-state index contributed by atoms with van der Waals surface area (Å²) in [6.45, 7) is 7.67. The summed E-state index contributed by atoms with van der Waals surface area (Å²) in [5, 5.41) is 6.06. The van der Waals surface area contributed by atoms with E-state index in [4.69, 9.17) is 0 Å². The van der Waals surface area contributed by atoms with Crippen LogP contribution >= 0.6 is 0 Å². The molecule has 2 aromatic rings. The molecule has 2 aromatic carbocycles. The molecule has 5 heteroatoms. The van der Waals surface area contributed by atoms with Crippen LogP contribution in [0.3, 0.4) is 0 Å². The number of nitrogens with one attached hydrogen (secondary N) is 2. The maximum atomic E-state index is 13.0. The minimum Gasteiger partial charge on any atom is -0.355 e. The van der Waals surface area contributed by atoms with E-state index in [1.165, 1.54) is 16.7 Å². The summed E-state index contributed by atoms with van der Waals surface area (Å²) in [6.07, 6.45) is 1.56. The van der Waals surface area contributed by atoms with Crippen LogP contribution in [-0.4, -0.2) is 42.5 Å². The highest BCUT2D eigenvalue weighted by atomic mass is 16.2. The van der Waals surface area contributed by atoms with Crippen LogP contribution in [-0.2, 0) is 11.2 Å². The number of likely N-dealkylation sites (tertiary alicyclic amines) is 1. The van der Waals surface area contributed by atoms with Crippen LogP contribution in [0, 0.1) is 12.8 Å². The molecule has 0 radical (unpaired) electrons. The van der Waals surface area contributed by atoms with E-state index in [2.05, 4.69) is 47.9 Å². The Hall–Kier alpha value is -2.82. The molecule has 5 nitrogen and oxygen atoms in total. The fourth-order valence-corrected chi connectivity index (χ4v) is 4.08. The minimum absolute atomic E-state index is 0.0330. The Labute approximate surface area is 179 Å². The van der Waals surface area contributed by atoms with E-state index in [-0.39, 0.29) is 29.8 Å². The number of carbonyl (C=O) groups is 2. The number of piperidine rings is 1. The highest BCUT2D eigenvalue weighted by Gasteiger charge is 2.34. The molecule has 2 unspecified atom stereocenters. The van der Waals surface area contributed by atoms with E-state index in [1.807, 2.05) is 38.1 Å². The largest absolute Gasteiger partial charge is 0.355 e. The molecule has 1 aliphatic rings. The van der Waals surface area contributed by atoms with E-state index in [1.54, 1.807) is 4.90 Å². The zero-order chi connectivity index (χ0) is 21.5. The van der Waals surface area contributed by atoms with Gasteiger partial charge >= 0.3 is 6.03 Å². The predicted molar refractivity (Wildman–Crippen MR) is 120 cm³/mol. The van der Waals surface area contributed by atoms with Gasteiger partial charge in [-0.25, -0.2) is 4.79 Å². The maximum Gasteiger partial charge on any atom is 0.317 e. The topological polar surface area (TPSA) is 61.4 Å². The standard InChI is InChI=1S/C25H33N3O2/c1-18(2)27-25(30)28-16-22(21-11-7-8-19(3)14-21)15-23(17-28)24(29)26-13-12-20-9-5-4-6-10-20/h4-11,14,18,22-23H,12-13,15-17H2,1-3H3,(H,26,29)(H,27,30). The molecule has 1 saturated heterocycles. The highest BCUT2D eigenvalue weighted by Crippen LogP contribution is 2.31. The Kier molecular flexibility index (Phi) is 7.50. The lowest BCUT2D eigenvalue weighted by molar-refractivity contribution is -0.126. The first kappa shape index (κ1) is 21.9. The van der Waals surface area contributed by atoms with Gasteiger partial charge < -0.3 is 15.5 Å². The molecule has 160 valence electrons. The third-order valence-corrected chi connectivity index (χ3v) is 5.59. The van der Waals surface area contributed by atoms with E-state index in [0.29, 0.717) is 19.6 Å². The summed E-state index contributed by atoms with van der Waals surface area (Å²) >= 11 is 0. The van der Waals surface area contributed by atoms with Crippen molar-refractivity contribution < 1.29 is 9.59 Å². The Balaban J connectivity index is 1.67. The average molecular weight is 408 g/mol. The fourth-order valence-electron chi connectivity index (χ4n) is 4.08. The van der Waals surface area contributed by atoms with Gasteiger partial charge in [-0.05, 0) is 44.7 Å². The summed E-state index contributed by atoms with van der Waals surface area (Å²) in [7, 11) is 0. The van der Waals surface area contributed by atoms with Gasteiger partial charge in [-0.2, -0.15) is 0 Å². The lowest BCUT2D eigenvalue weighted by atomic mass is 9.83. The second-order valence-electron chi connectivity index (χ2n) is 8.58. The van der Waals surface area contributed by atoms with Gasteiger partial charge in [-0.15, -0.1) is 0 Å². The normalized spacial score (nSPS) is 18.9. The van der Waals surface area contributed by atoms with Crippen molar-refractivity contribution in [3.8, 4) is 0 Å². The lowest BCUT2D eigenvalue weighted by Crippen LogP contribution is -2.52. The van der Waals surface area contributed by atoms with E-state index < -0.39 is 0 Å². The van der Waals surface area contributed by atoms with Crippen LogP contribution in [0.5, 0.6) is 0 Å². The highest BCUT2D eigenvalue weighted by molar-refractivity contribution is 5.81. The van der Waals surface area contributed by atoms with E-state index >= 15 is 0 Å². The first-order valence-corrected chi connectivity index (χ1v) is 10.9. The number of carbonyl (C=O) groups excluding carboxylic acids is 2. The van der Waals surface area contributed by atoms with Gasteiger partial charge in [-0.3, -0.25) is 4.79 Å².